The molecule has 0 aliphatic carbocycles. The third-order valence-electron chi connectivity index (χ3n) is 1.69. The van der Waals surface area contributed by atoms with Crippen LogP contribution in [-0.2, 0) is 19.1 Å². The Kier molecular flexibility index (Phi) is 5.23. The fraction of sp³-hybridized carbons (Fsp3) is 0.889. The Hall–Kier alpha value is -0.620. The summed E-state index contributed by atoms with van der Waals surface area (Å²) >= 11 is 0. The topological polar surface area (TPSA) is 63.7 Å². The van der Waals surface area contributed by atoms with Crippen LogP contribution in [0.25, 0.3) is 0 Å². The summed E-state index contributed by atoms with van der Waals surface area (Å²) in [6.07, 6.45) is 0.433. The Morgan fingerprint density at radius 2 is 1.80 bits per heavy atom. The van der Waals surface area contributed by atoms with Crippen LogP contribution in [0.15, 0.2) is 0 Å². The molecule has 0 spiro atoms. The van der Waals surface area contributed by atoms with E-state index in [1.807, 2.05) is 13.8 Å². The molecular formula is C9H19NO4S. The van der Waals surface area contributed by atoms with E-state index in [0.29, 0.717) is 6.42 Å². The van der Waals surface area contributed by atoms with E-state index in [4.69, 9.17) is 4.18 Å². The summed E-state index contributed by atoms with van der Waals surface area (Å²) in [6, 6.07) is 0. The maximum Gasteiger partial charge on any atom is 0.265 e. The fourth-order valence-electron chi connectivity index (χ4n) is 1.11. The van der Waals surface area contributed by atoms with Gasteiger partial charge in [0.1, 0.15) is 0 Å². The zero-order valence-electron chi connectivity index (χ0n) is 9.85. The number of amides is 1. The monoisotopic (exact) mass is 237 g/mol. The molecule has 0 aliphatic heterocycles. The van der Waals surface area contributed by atoms with Gasteiger partial charge in [-0.1, -0.05) is 13.8 Å². The molecule has 0 aliphatic rings. The molecule has 0 aromatic rings. The standard InChI is InChI=1S/C9H19NO4S/c1-7(2)6-8(9(11)10(3)4)14-15(5,12)13/h7-8H,6H2,1-5H3. The summed E-state index contributed by atoms with van der Waals surface area (Å²) < 4.78 is 26.7. The maximum atomic E-state index is 11.6. The predicted molar refractivity (Wildman–Crippen MR) is 57.9 cm³/mol. The molecule has 0 aromatic heterocycles. The van der Waals surface area contributed by atoms with E-state index in [2.05, 4.69) is 0 Å². The quantitative estimate of drug-likeness (QED) is 0.652. The molecule has 15 heavy (non-hydrogen) atoms. The second kappa shape index (κ2) is 5.46. The van der Waals surface area contributed by atoms with Crippen molar-refractivity contribution in [3.8, 4) is 0 Å². The summed E-state index contributed by atoms with van der Waals surface area (Å²) in [5, 5.41) is 0. The molecular weight excluding hydrogens is 218 g/mol. The van der Waals surface area contributed by atoms with Gasteiger partial charge in [-0.25, -0.2) is 0 Å². The Bertz CT molecular complexity index is 308. The van der Waals surface area contributed by atoms with Crippen molar-refractivity contribution >= 4 is 16.0 Å². The number of hydrogen-bond donors (Lipinski definition) is 0. The lowest BCUT2D eigenvalue weighted by Gasteiger charge is -2.20. The van der Waals surface area contributed by atoms with E-state index in [1.54, 1.807) is 14.1 Å². The minimum atomic E-state index is -3.59. The van der Waals surface area contributed by atoms with Crippen molar-refractivity contribution in [3.05, 3.63) is 0 Å². The van der Waals surface area contributed by atoms with E-state index in [0.717, 1.165) is 6.26 Å². The lowest BCUT2D eigenvalue weighted by molar-refractivity contribution is -0.136. The van der Waals surface area contributed by atoms with E-state index in [1.165, 1.54) is 4.90 Å². The molecule has 0 saturated carbocycles. The third kappa shape index (κ3) is 6.46. The molecule has 5 nitrogen and oxygen atoms in total. The van der Waals surface area contributed by atoms with Gasteiger partial charge in [-0.15, -0.1) is 0 Å². The second-order valence-corrected chi connectivity index (χ2v) is 5.75. The number of carbonyl (C=O) groups is 1. The number of rotatable bonds is 5. The summed E-state index contributed by atoms with van der Waals surface area (Å²) in [6.45, 7) is 3.81. The Morgan fingerprint density at radius 3 is 2.07 bits per heavy atom. The highest BCUT2D eigenvalue weighted by atomic mass is 32.2. The molecule has 0 rings (SSSR count). The number of nitrogens with zero attached hydrogens (tertiary/aromatic N) is 1. The van der Waals surface area contributed by atoms with Crippen LogP contribution < -0.4 is 0 Å². The van der Waals surface area contributed by atoms with Gasteiger partial charge in [0.05, 0.1) is 6.26 Å². The van der Waals surface area contributed by atoms with Crippen molar-refractivity contribution in [3.63, 3.8) is 0 Å². The van der Waals surface area contributed by atoms with Crippen molar-refractivity contribution in [1.82, 2.24) is 4.90 Å². The first-order valence-corrected chi connectivity index (χ1v) is 6.54. The van der Waals surface area contributed by atoms with E-state index in [-0.39, 0.29) is 11.8 Å². The van der Waals surface area contributed by atoms with Crippen molar-refractivity contribution in [2.45, 2.75) is 26.4 Å². The third-order valence-corrected chi connectivity index (χ3v) is 2.27. The van der Waals surface area contributed by atoms with Gasteiger partial charge >= 0.3 is 0 Å². The number of likely N-dealkylation sites (N-methyl/N-ethyl adjacent to an activating group) is 1. The van der Waals surface area contributed by atoms with Gasteiger partial charge < -0.3 is 4.90 Å². The summed E-state index contributed by atoms with van der Waals surface area (Å²) in [5.74, 6) is -0.130. The summed E-state index contributed by atoms with van der Waals surface area (Å²) in [4.78, 5) is 12.9. The zero-order valence-corrected chi connectivity index (χ0v) is 10.7. The normalized spacial score (nSPS) is 14.0. The Balaban J connectivity index is 4.66. The van der Waals surface area contributed by atoms with Crippen LogP contribution in [0.1, 0.15) is 20.3 Å². The SMILES string of the molecule is CC(C)CC(OS(C)(=O)=O)C(=O)N(C)C. The van der Waals surface area contributed by atoms with Crippen LogP contribution in [-0.4, -0.2) is 45.7 Å². The fourth-order valence-corrected chi connectivity index (χ4v) is 1.69. The molecule has 1 unspecified atom stereocenters. The highest BCUT2D eigenvalue weighted by Crippen LogP contribution is 2.12. The maximum absolute atomic E-state index is 11.6. The highest BCUT2D eigenvalue weighted by Gasteiger charge is 2.25. The van der Waals surface area contributed by atoms with Crippen LogP contribution in [0, 0.1) is 5.92 Å². The molecule has 0 bridgehead atoms. The van der Waals surface area contributed by atoms with Crippen molar-refractivity contribution in [2.75, 3.05) is 20.4 Å². The van der Waals surface area contributed by atoms with E-state index in [9.17, 15) is 13.2 Å². The molecule has 1 atom stereocenters. The molecule has 1 amide bonds. The van der Waals surface area contributed by atoms with Crippen LogP contribution in [0.3, 0.4) is 0 Å². The van der Waals surface area contributed by atoms with Gasteiger partial charge in [0.15, 0.2) is 6.10 Å². The van der Waals surface area contributed by atoms with Gasteiger partial charge in [0.25, 0.3) is 16.0 Å². The molecule has 90 valence electrons. The van der Waals surface area contributed by atoms with Crippen molar-refractivity contribution in [2.24, 2.45) is 5.92 Å². The Labute approximate surface area is 91.5 Å². The van der Waals surface area contributed by atoms with Gasteiger partial charge in [0.2, 0.25) is 0 Å². The molecule has 0 heterocycles. The van der Waals surface area contributed by atoms with E-state index >= 15 is 0 Å². The van der Waals surface area contributed by atoms with Gasteiger partial charge in [-0.05, 0) is 12.3 Å². The minimum absolute atomic E-state index is 0.195. The highest BCUT2D eigenvalue weighted by molar-refractivity contribution is 7.86. The molecule has 0 aromatic carbocycles. The lowest BCUT2D eigenvalue weighted by atomic mass is 10.1. The summed E-state index contributed by atoms with van der Waals surface area (Å²) in [7, 11) is -0.454. The van der Waals surface area contributed by atoms with Gasteiger partial charge in [-0.2, -0.15) is 8.42 Å². The summed E-state index contributed by atoms with van der Waals surface area (Å²) in [5.41, 5.74) is 0. The van der Waals surface area contributed by atoms with Gasteiger partial charge in [-0.3, -0.25) is 8.98 Å². The van der Waals surface area contributed by atoms with Crippen LogP contribution in [0.5, 0.6) is 0 Å². The number of carbonyl (C=O) groups excluding carboxylic acids is 1. The average molecular weight is 237 g/mol. The second-order valence-electron chi connectivity index (χ2n) is 4.15. The smallest absolute Gasteiger partial charge is 0.265 e. The first kappa shape index (κ1) is 14.4. The van der Waals surface area contributed by atoms with E-state index < -0.39 is 16.2 Å². The average Bonchev–Trinajstić information content (AvgIpc) is 1.97. The van der Waals surface area contributed by atoms with Crippen molar-refractivity contribution < 1.29 is 17.4 Å². The van der Waals surface area contributed by atoms with Crippen LogP contribution >= 0.6 is 0 Å². The largest absolute Gasteiger partial charge is 0.347 e. The molecule has 0 fully saturated rings. The first-order chi connectivity index (χ1) is 6.63. The molecule has 6 heteroatoms. The molecule has 0 radical (unpaired) electrons. The predicted octanol–water partition coefficient (Wildman–Crippen LogP) is 0.466. The Morgan fingerprint density at radius 1 is 1.33 bits per heavy atom. The molecule has 0 saturated heterocycles. The number of hydrogen-bond acceptors (Lipinski definition) is 4. The molecule has 0 N–H and O–H groups in total. The van der Waals surface area contributed by atoms with Gasteiger partial charge in [0, 0.05) is 14.1 Å². The zero-order chi connectivity index (χ0) is 12.2. The van der Waals surface area contributed by atoms with Crippen molar-refractivity contribution in [1.29, 1.82) is 0 Å². The van der Waals surface area contributed by atoms with Crippen LogP contribution in [0.4, 0.5) is 0 Å². The minimum Gasteiger partial charge on any atom is -0.347 e. The lowest BCUT2D eigenvalue weighted by Crippen LogP contribution is -2.37. The van der Waals surface area contributed by atoms with Crippen LogP contribution in [0.2, 0.25) is 0 Å². The first-order valence-electron chi connectivity index (χ1n) is 4.73.